The van der Waals surface area contributed by atoms with Crippen molar-refractivity contribution >= 4 is 5.91 Å². The standard InChI is InChI=1S/C18H26N2O3/c21-14-18(8-3-5-15-4-1-2-6-16(15)18)19-9-7-17(22)20-10-12-23-13-11-20/h1-2,4,6,19,21H,3,5,7-14H2. The van der Waals surface area contributed by atoms with Gasteiger partial charge >= 0.3 is 0 Å². The summed E-state index contributed by atoms with van der Waals surface area (Å²) in [5.74, 6) is 0.165. The van der Waals surface area contributed by atoms with Crippen molar-refractivity contribution in [3.63, 3.8) is 0 Å². The van der Waals surface area contributed by atoms with Crippen molar-refractivity contribution in [3.8, 4) is 0 Å². The fourth-order valence-electron chi connectivity index (χ4n) is 3.70. The Morgan fingerprint density at radius 3 is 2.87 bits per heavy atom. The van der Waals surface area contributed by atoms with Gasteiger partial charge in [0.25, 0.3) is 0 Å². The summed E-state index contributed by atoms with van der Waals surface area (Å²) >= 11 is 0. The third kappa shape index (κ3) is 3.57. The molecule has 5 heteroatoms. The van der Waals surface area contributed by atoms with Crippen LogP contribution in [-0.2, 0) is 21.5 Å². The fraction of sp³-hybridized carbons (Fsp3) is 0.611. The average molecular weight is 318 g/mol. The molecule has 1 aliphatic heterocycles. The topological polar surface area (TPSA) is 61.8 Å². The Morgan fingerprint density at radius 1 is 1.30 bits per heavy atom. The van der Waals surface area contributed by atoms with E-state index in [2.05, 4.69) is 17.4 Å². The van der Waals surface area contributed by atoms with Crippen LogP contribution in [0.5, 0.6) is 0 Å². The molecular weight excluding hydrogens is 292 g/mol. The second-order valence-corrected chi connectivity index (χ2v) is 6.42. The molecule has 0 spiro atoms. The molecule has 1 atom stereocenters. The highest BCUT2D eigenvalue weighted by Gasteiger charge is 2.35. The van der Waals surface area contributed by atoms with E-state index in [-0.39, 0.29) is 12.5 Å². The highest BCUT2D eigenvalue weighted by molar-refractivity contribution is 5.76. The Bertz CT molecular complexity index is 543. The van der Waals surface area contributed by atoms with E-state index in [0.29, 0.717) is 39.3 Å². The van der Waals surface area contributed by atoms with Crippen LogP contribution in [0.3, 0.4) is 0 Å². The molecule has 0 saturated carbocycles. The molecule has 1 saturated heterocycles. The predicted octanol–water partition coefficient (Wildman–Crippen LogP) is 1.05. The summed E-state index contributed by atoms with van der Waals surface area (Å²) in [6, 6.07) is 8.31. The lowest BCUT2D eigenvalue weighted by Gasteiger charge is -2.39. The van der Waals surface area contributed by atoms with Gasteiger partial charge in [0.05, 0.1) is 25.4 Å². The number of amides is 1. The lowest BCUT2D eigenvalue weighted by molar-refractivity contribution is -0.135. The molecule has 0 aromatic heterocycles. The number of benzene rings is 1. The minimum absolute atomic E-state index is 0.0652. The Kier molecular flexibility index (Phi) is 5.30. The molecule has 1 heterocycles. The molecule has 1 aliphatic carbocycles. The molecule has 2 N–H and O–H groups in total. The fourth-order valence-corrected chi connectivity index (χ4v) is 3.70. The summed E-state index contributed by atoms with van der Waals surface area (Å²) in [7, 11) is 0. The van der Waals surface area contributed by atoms with Crippen molar-refractivity contribution in [2.24, 2.45) is 0 Å². The molecule has 1 unspecified atom stereocenters. The summed E-state index contributed by atoms with van der Waals surface area (Å²) in [4.78, 5) is 14.1. The van der Waals surface area contributed by atoms with Crippen LogP contribution in [0.2, 0.25) is 0 Å². The van der Waals surface area contributed by atoms with Crippen molar-refractivity contribution in [1.82, 2.24) is 10.2 Å². The second-order valence-electron chi connectivity index (χ2n) is 6.42. The number of morpholine rings is 1. The minimum atomic E-state index is -0.403. The number of aliphatic hydroxyl groups excluding tert-OH is 1. The number of aryl methyl sites for hydroxylation is 1. The normalized spacial score (nSPS) is 24.3. The molecule has 1 aromatic rings. The number of ether oxygens (including phenoxy) is 1. The summed E-state index contributed by atoms with van der Waals surface area (Å²) in [5, 5.41) is 13.5. The van der Waals surface area contributed by atoms with Crippen molar-refractivity contribution in [2.75, 3.05) is 39.5 Å². The molecule has 0 radical (unpaired) electrons. The molecule has 1 fully saturated rings. The molecule has 1 aromatic carbocycles. The maximum absolute atomic E-state index is 12.2. The van der Waals surface area contributed by atoms with Gasteiger partial charge in [-0.1, -0.05) is 24.3 Å². The Morgan fingerprint density at radius 2 is 2.09 bits per heavy atom. The first-order valence-electron chi connectivity index (χ1n) is 8.55. The van der Waals surface area contributed by atoms with Crippen LogP contribution in [0.25, 0.3) is 0 Å². The van der Waals surface area contributed by atoms with E-state index in [0.717, 1.165) is 19.3 Å². The number of nitrogens with one attached hydrogen (secondary N) is 1. The summed E-state index contributed by atoms with van der Waals surface area (Å²) < 4.78 is 5.28. The van der Waals surface area contributed by atoms with Crippen LogP contribution in [0.4, 0.5) is 0 Å². The summed E-state index contributed by atoms with van der Waals surface area (Å²) in [5.41, 5.74) is 2.09. The number of fused-ring (bicyclic) bond motifs is 1. The molecular formula is C18H26N2O3. The Labute approximate surface area is 137 Å². The van der Waals surface area contributed by atoms with Crippen LogP contribution in [0, 0.1) is 0 Å². The van der Waals surface area contributed by atoms with Crippen LogP contribution < -0.4 is 5.32 Å². The number of hydrogen-bond acceptors (Lipinski definition) is 4. The molecule has 0 bridgehead atoms. The monoisotopic (exact) mass is 318 g/mol. The van der Waals surface area contributed by atoms with E-state index >= 15 is 0 Å². The lowest BCUT2D eigenvalue weighted by Crippen LogP contribution is -2.49. The van der Waals surface area contributed by atoms with Gasteiger partial charge in [-0.25, -0.2) is 0 Å². The highest BCUT2D eigenvalue weighted by atomic mass is 16.5. The van der Waals surface area contributed by atoms with Crippen LogP contribution in [0.1, 0.15) is 30.4 Å². The molecule has 5 nitrogen and oxygen atoms in total. The van der Waals surface area contributed by atoms with E-state index in [9.17, 15) is 9.90 Å². The minimum Gasteiger partial charge on any atom is -0.394 e. The number of rotatable bonds is 5. The van der Waals surface area contributed by atoms with Crippen LogP contribution >= 0.6 is 0 Å². The third-order valence-corrected chi connectivity index (χ3v) is 5.02. The van der Waals surface area contributed by atoms with Gasteiger partial charge in [-0.15, -0.1) is 0 Å². The third-order valence-electron chi connectivity index (χ3n) is 5.02. The molecule has 3 rings (SSSR count). The van der Waals surface area contributed by atoms with Gasteiger partial charge in [-0.05, 0) is 30.4 Å². The van der Waals surface area contributed by atoms with Crippen LogP contribution in [0.15, 0.2) is 24.3 Å². The largest absolute Gasteiger partial charge is 0.394 e. The van der Waals surface area contributed by atoms with Gasteiger partial charge in [-0.2, -0.15) is 0 Å². The van der Waals surface area contributed by atoms with E-state index < -0.39 is 5.54 Å². The second kappa shape index (κ2) is 7.43. The highest BCUT2D eigenvalue weighted by Crippen LogP contribution is 2.34. The van der Waals surface area contributed by atoms with Gasteiger partial charge in [0, 0.05) is 26.1 Å². The summed E-state index contributed by atoms with van der Waals surface area (Å²) in [6.07, 6.45) is 3.49. The number of carbonyl (C=O) groups excluding carboxylic acids is 1. The van der Waals surface area contributed by atoms with Crippen LogP contribution in [-0.4, -0.2) is 55.4 Å². The van der Waals surface area contributed by atoms with E-state index in [1.54, 1.807) is 0 Å². The van der Waals surface area contributed by atoms with Gasteiger partial charge < -0.3 is 20.1 Å². The molecule has 2 aliphatic rings. The van der Waals surface area contributed by atoms with Crippen molar-refractivity contribution in [1.29, 1.82) is 0 Å². The SMILES string of the molecule is O=C(CCNC1(CO)CCCc2ccccc21)N1CCOCC1. The summed E-state index contributed by atoms with van der Waals surface area (Å²) in [6.45, 7) is 3.29. The number of nitrogens with zero attached hydrogens (tertiary/aromatic N) is 1. The smallest absolute Gasteiger partial charge is 0.224 e. The van der Waals surface area contributed by atoms with Gasteiger partial charge in [0.1, 0.15) is 0 Å². The van der Waals surface area contributed by atoms with Crippen molar-refractivity contribution < 1.29 is 14.6 Å². The number of hydrogen-bond donors (Lipinski definition) is 2. The van der Waals surface area contributed by atoms with Gasteiger partial charge in [0.15, 0.2) is 0 Å². The quantitative estimate of drug-likeness (QED) is 0.852. The zero-order valence-electron chi connectivity index (χ0n) is 13.6. The van der Waals surface area contributed by atoms with E-state index in [1.807, 2.05) is 17.0 Å². The lowest BCUT2D eigenvalue weighted by atomic mass is 9.77. The van der Waals surface area contributed by atoms with Gasteiger partial charge in [-0.3, -0.25) is 4.79 Å². The molecule has 126 valence electrons. The maximum atomic E-state index is 12.2. The predicted molar refractivity (Wildman–Crippen MR) is 88.2 cm³/mol. The van der Waals surface area contributed by atoms with E-state index in [4.69, 9.17) is 4.74 Å². The first kappa shape index (κ1) is 16.4. The first-order valence-corrected chi connectivity index (χ1v) is 8.55. The Hall–Kier alpha value is -1.43. The van der Waals surface area contributed by atoms with E-state index in [1.165, 1.54) is 11.1 Å². The zero-order chi connectivity index (χ0) is 16.1. The average Bonchev–Trinajstić information content (AvgIpc) is 2.62. The van der Waals surface area contributed by atoms with Crippen molar-refractivity contribution in [3.05, 3.63) is 35.4 Å². The van der Waals surface area contributed by atoms with Crippen molar-refractivity contribution in [2.45, 2.75) is 31.2 Å². The molecule has 1 amide bonds. The molecule has 23 heavy (non-hydrogen) atoms. The first-order chi connectivity index (χ1) is 11.2. The maximum Gasteiger partial charge on any atom is 0.224 e. The number of aliphatic hydroxyl groups is 1. The zero-order valence-corrected chi connectivity index (χ0v) is 13.6. The Balaban J connectivity index is 1.61. The number of carbonyl (C=O) groups is 1. The van der Waals surface area contributed by atoms with Gasteiger partial charge in [0.2, 0.25) is 5.91 Å².